The molecule has 0 aliphatic rings. The standard InChI is InChI=1S/C15H14FN3/c1-2-9-18-15-11(10-17)7-8-14(19-15)12-5-3-4-6-13(12)16/h3-8H,2,9H2,1H3,(H,18,19). The molecule has 0 fully saturated rings. The molecule has 3 nitrogen and oxygen atoms in total. The van der Waals surface area contributed by atoms with Crippen molar-refractivity contribution in [3.63, 3.8) is 0 Å². The molecule has 4 heteroatoms. The largest absolute Gasteiger partial charge is 0.369 e. The number of nitrogens with one attached hydrogen (secondary N) is 1. The number of halogens is 1. The SMILES string of the molecule is CCCNc1nc(-c2ccccc2F)ccc1C#N. The molecule has 2 rings (SSSR count). The second-order valence-electron chi connectivity index (χ2n) is 4.11. The molecule has 0 amide bonds. The van der Waals surface area contributed by atoms with Gasteiger partial charge >= 0.3 is 0 Å². The van der Waals surface area contributed by atoms with Crippen LogP contribution in [0.2, 0.25) is 0 Å². The van der Waals surface area contributed by atoms with Gasteiger partial charge in [-0.15, -0.1) is 0 Å². The molecule has 1 N–H and O–H groups in total. The number of hydrogen-bond acceptors (Lipinski definition) is 3. The Labute approximate surface area is 111 Å². The molecule has 0 bridgehead atoms. The Hall–Kier alpha value is -2.41. The number of aromatic nitrogens is 1. The van der Waals surface area contributed by atoms with Gasteiger partial charge in [0.15, 0.2) is 0 Å². The molecule has 19 heavy (non-hydrogen) atoms. The van der Waals surface area contributed by atoms with E-state index in [0.29, 0.717) is 22.6 Å². The van der Waals surface area contributed by atoms with Crippen LogP contribution in [0.25, 0.3) is 11.3 Å². The lowest BCUT2D eigenvalue weighted by atomic mass is 10.1. The van der Waals surface area contributed by atoms with Crippen LogP contribution in [0, 0.1) is 17.1 Å². The first kappa shape index (κ1) is 13.0. The lowest BCUT2D eigenvalue weighted by molar-refractivity contribution is 0.631. The minimum atomic E-state index is -0.318. The van der Waals surface area contributed by atoms with Crippen molar-refractivity contribution in [2.45, 2.75) is 13.3 Å². The zero-order chi connectivity index (χ0) is 13.7. The van der Waals surface area contributed by atoms with E-state index in [1.165, 1.54) is 6.07 Å². The molecule has 0 aliphatic carbocycles. The molecular formula is C15H14FN3. The molecule has 0 radical (unpaired) electrons. The summed E-state index contributed by atoms with van der Waals surface area (Å²) in [6, 6.07) is 11.9. The molecule has 1 aromatic carbocycles. The quantitative estimate of drug-likeness (QED) is 0.908. The zero-order valence-corrected chi connectivity index (χ0v) is 10.7. The van der Waals surface area contributed by atoms with Gasteiger partial charge in [-0.05, 0) is 30.7 Å². The van der Waals surface area contributed by atoms with E-state index in [1.54, 1.807) is 30.3 Å². The predicted molar refractivity (Wildman–Crippen MR) is 73.1 cm³/mol. The van der Waals surface area contributed by atoms with Crippen LogP contribution in [0.15, 0.2) is 36.4 Å². The zero-order valence-electron chi connectivity index (χ0n) is 10.7. The summed E-state index contributed by atoms with van der Waals surface area (Å²) >= 11 is 0. The smallest absolute Gasteiger partial charge is 0.144 e. The van der Waals surface area contributed by atoms with E-state index >= 15 is 0 Å². The topological polar surface area (TPSA) is 48.7 Å². The summed E-state index contributed by atoms with van der Waals surface area (Å²) in [5, 5.41) is 12.1. The van der Waals surface area contributed by atoms with E-state index in [1.807, 2.05) is 6.92 Å². The van der Waals surface area contributed by atoms with Crippen LogP contribution < -0.4 is 5.32 Å². The van der Waals surface area contributed by atoms with Crippen LogP contribution in [-0.2, 0) is 0 Å². The highest BCUT2D eigenvalue weighted by Gasteiger charge is 2.09. The first-order valence-electron chi connectivity index (χ1n) is 6.16. The highest BCUT2D eigenvalue weighted by molar-refractivity contribution is 5.65. The van der Waals surface area contributed by atoms with Crippen LogP contribution in [0.4, 0.5) is 10.2 Å². The normalized spacial score (nSPS) is 9.95. The summed E-state index contributed by atoms with van der Waals surface area (Å²) in [5.74, 6) is 0.186. The third-order valence-corrected chi connectivity index (χ3v) is 2.71. The molecule has 0 saturated heterocycles. The Morgan fingerprint density at radius 1 is 1.26 bits per heavy atom. The number of hydrogen-bond donors (Lipinski definition) is 1. The summed E-state index contributed by atoms with van der Waals surface area (Å²) in [6.45, 7) is 2.75. The van der Waals surface area contributed by atoms with Gasteiger partial charge in [0, 0.05) is 12.1 Å². The molecule has 96 valence electrons. The number of anilines is 1. The first-order valence-corrected chi connectivity index (χ1v) is 6.16. The van der Waals surface area contributed by atoms with E-state index in [-0.39, 0.29) is 5.82 Å². The second kappa shape index (κ2) is 5.96. The highest BCUT2D eigenvalue weighted by Crippen LogP contribution is 2.23. The fourth-order valence-corrected chi connectivity index (χ4v) is 1.75. The maximum Gasteiger partial charge on any atom is 0.144 e. The monoisotopic (exact) mass is 255 g/mol. The predicted octanol–water partition coefficient (Wildman–Crippen LogP) is 3.58. The maximum absolute atomic E-state index is 13.7. The molecule has 0 saturated carbocycles. The molecule has 1 heterocycles. The summed E-state index contributed by atoms with van der Waals surface area (Å²) in [7, 11) is 0. The number of benzene rings is 1. The number of nitrogens with zero attached hydrogens (tertiary/aromatic N) is 2. The molecule has 0 aliphatic heterocycles. The van der Waals surface area contributed by atoms with Crippen molar-refractivity contribution in [2.24, 2.45) is 0 Å². The molecule has 2 aromatic rings. The van der Waals surface area contributed by atoms with E-state index in [2.05, 4.69) is 16.4 Å². The van der Waals surface area contributed by atoms with Gasteiger partial charge in [-0.2, -0.15) is 5.26 Å². The van der Waals surface area contributed by atoms with Crippen LogP contribution in [-0.4, -0.2) is 11.5 Å². The van der Waals surface area contributed by atoms with E-state index < -0.39 is 0 Å². The number of nitriles is 1. The maximum atomic E-state index is 13.7. The lowest BCUT2D eigenvalue weighted by Crippen LogP contribution is -2.05. The average molecular weight is 255 g/mol. The summed E-state index contributed by atoms with van der Waals surface area (Å²) in [5.41, 5.74) is 1.43. The Morgan fingerprint density at radius 3 is 2.74 bits per heavy atom. The fourth-order valence-electron chi connectivity index (χ4n) is 1.75. The molecular weight excluding hydrogens is 241 g/mol. The van der Waals surface area contributed by atoms with E-state index in [0.717, 1.165) is 13.0 Å². The minimum absolute atomic E-state index is 0.318. The molecule has 1 aromatic heterocycles. The van der Waals surface area contributed by atoms with Gasteiger partial charge in [-0.3, -0.25) is 0 Å². The summed E-state index contributed by atoms with van der Waals surface area (Å²) in [6.07, 6.45) is 0.927. The lowest BCUT2D eigenvalue weighted by Gasteiger charge is -2.09. The average Bonchev–Trinajstić information content (AvgIpc) is 2.45. The fraction of sp³-hybridized carbons (Fsp3) is 0.200. The minimum Gasteiger partial charge on any atom is -0.369 e. The Kier molecular flexibility index (Phi) is 4.09. The number of rotatable bonds is 4. The van der Waals surface area contributed by atoms with Gasteiger partial charge in [0.25, 0.3) is 0 Å². The van der Waals surface area contributed by atoms with E-state index in [9.17, 15) is 4.39 Å². The highest BCUT2D eigenvalue weighted by atomic mass is 19.1. The van der Waals surface area contributed by atoms with Crippen molar-refractivity contribution < 1.29 is 4.39 Å². The third kappa shape index (κ3) is 2.89. The van der Waals surface area contributed by atoms with Crippen molar-refractivity contribution in [1.82, 2.24) is 4.98 Å². The van der Waals surface area contributed by atoms with Crippen molar-refractivity contribution in [2.75, 3.05) is 11.9 Å². The Morgan fingerprint density at radius 2 is 2.05 bits per heavy atom. The van der Waals surface area contributed by atoms with Crippen molar-refractivity contribution >= 4 is 5.82 Å². The molecule has 0 atom stereocenters. The van der Waals surface area contributed by atoms with Gasteiger partial charge < -0.3 is 5.32 Å². The van der Waals surface area contributed by atoms with Gasteiger partial charge in [0.2, 0.25) is 0 Å². The van der Waals surface area contributed by atoms with Gasteiger partial charge in [-0.25, -0.2) is 9.37 Å². The van der Waals surface area contributed by atoms with Crippen LogP contribution in [0.3, 0.4) is 0 Å². The summed E-state index contributed by atoms with van der Waals surface area (Å²) < 4.78 is 13.7. The van der Waals surface area contributed by atoms with Crippen molar-refractivity contribution in [3.8, 4) is 17.3 Å². The summed E-state index contributed by atoms with van der Waals surface area (Å²) in [4.78, 5) is 4.34. The second-order valence-corrected chi connectivity index (χ2v) is 4.11. The number of pyridine rings is 1. The van der Waals surface area contributed by atoms with Crippen molar-refractivity contribution in [1.29, 1.82) is 5.26 Å². The van der Waals surface area contributed by atoms with Crippen LogP contribution in [0.1, 0.15) is 18.9 Å². The Balaban J connectivity index is 2.43. The Bertz CT molecular complexity index is 617. The van der Waals surface area contributed by atoms with Crippen molar-refractivity contribution in [3.05, 3.63) is 47.8 Å². The van der Waals surface area contributed by atoms with Crippen LogP contribution >= 0.6 is 0 Å². The first-order chi connectivity index (χ1) is 9.26. The molecule has 0 spiro atoms. The van der Waals surface area contributed by atoms with Gasteiger partial charge in [0.05, 0.1) is 11.3 Å². The molecule has 0 unspecified atom stereocenters. The van der Waals surface area contributed by atoms with Gasteiger partial charge in [-0.1, -0.05) is 19.1 Å². The third-order valence-electron chi connectivity index (χ3n) is 2.71. The van der Waals surface area contributed by atoms with Crippen LogP contribution in [0.5, 0.6) is 0 Å². The van der Waals surface area contributed by atoms with Gasteiger partial charge in [0.1, 0.15) is 17.7 Å². The van der Waals surface area contributed by atoms with E-state index in [4.69, 9.17) is 5.26 Å².